The lowest BCUT2D eigenvalue weighted by atomic mass is 10.1. The number of anilines is 1. The molecular weight excluding hydrogens is 289 g/mol. The number of alkyl halides is 3. The summed E-state index contributed by atoms with van der Waals surface area (Å²) in [6.07, 6.45) is -4.50. The van der Waals surface area contributed by atoms with Gasteiger partial charge in [0.2, 0.25) is 0 Å². The van der Waals surface area contributed by atoms with Crippen molar-refractivity contribution >= 4 is 11.8 Å². The lowest BCUT2D eigenvalue weighted by molar-refractivity contribution is -0.142. The minimum absolute atomic E-state index is 0.0918. The molecule has 1 amide bonds. The molecule has 1 N–H and O–H groups in total. The predicted octanol–water partition coefficient (Wildman–Crippen LogP) is 3.76. The summed E-state index contributed by atoms with van der Waals surface area (Å²) < 4.78 is 48.1. The largest absolute Gasteiger partial charge is 0.494 e. The molecule has 0 aromatic carbocycles. The van der Waals surface area contributed by atoms with Crippen molar-refractivity contribution in [3.63, 3.8) is 0 Å². The van der Waals surface area contributed by atoms with E-state index in [1.165, 1.54) is 6.92 Å². The zero-order valence-electron chi connectivity index (χ0n) is 12.4. The highest BCUT2D eigenvalue weighted by Crippen LogP contribution is 2.38. The average Bonchev–Trinajstić information content (AvgIpc) is 2.27. The molecule has 0 aliphatic carbocycles. The first-order valence-electron chi connectivity index (χ1n) is 6.06. The molecule has 118 valence electrons. The van der Waals surface area contributed by atoms with Crippen molar-refractivity contribution < 1.29 is 27.4 Å². The van der Waals surface area contributed by atoms with E-state index in [9.17, 15) is 18.0 Å². The number of pyridine rings is 1. The maximum atomic E-state index is 12.8. The maximum Gasteiger partial charge on any atom is 0.437 e. The fourth-order valence-corrected chi connectivity index (χ4v) is 1.58. The van der Waals surface area contributed by atoms with Crippen LogP contribution in [0.25, 0.3) is 0 Å². The Bertz CT molecular complexity index is 537. The lowest BCUT2D eigenvalue weighted by Crippen LogP contribution is -2.27. The van der Waals surface area contributed by atoms with E-state index >= 15 is 0 Å². The first kappa shape index (κ1) is 17.1. The summed E-state index contributed by atoms with van der Waals surface area (Å²) in [5.41, 5.74) is -1.65. The third kappa shape index (κ3) is 4.51. The van der Waals surface area contributed by atoms with Gasteiger partial charge in [0.05, 0.1) is 19.0 Å². The number of nitrogens with zero attached hydrogens (tertiary/aromatic N) is 1. The van der Waals surface area contributed by atoms with Gasteiger partial charge in [-0.25, -0.2) is 9.78 Å². The van der Waals surface area contributed by atoms with Crippen LogP contribution in [-0.4, -0.2) is 23.8 Å². The van der Waals surface area contributed by atoms with Crippen molar-refractivity contribution in [2.75, 3.05) is 12.4 Å². The summed E-state index contributed by atoms with van der Waals surface area (Å²) >= 11 is 0. The number of hydrogen-bond acceptors (Lipinski definition) is 4. The summed E-state index contributed by atoms with van der Waals surface area (Å²) in [6, 6.07) is 0. The van der Waals surface area contributed by atoms with Crippen LogP contribution in [0.5, 0.6) is 5.75 Å². The van der Waals surface area contributed by atoms with Crippen LogP contribution in [0.3, 0.4) is 0 Å². The topological polar surface area (TPSA) is 60.5 Å². The standard InChI is InChI=1S/C13H17F3N2O3/c1-7-8(18-11(19)21-12(2,3)4)6-17-10(9(7)20-5)13(14,15)16/h6H,1-5H3,(H,18,19). The summed E-state index contributed by atoms with van der Waals surface area (Å²) in [6.45, 7) is 6.41. The molecule has 0 fully saturated rings. The number of nitrogens with one attached hydrogen (secondary N) is 1. The Morgan fingerprint density at radius 2 is 1.86 bits per heavy atom. The molecular formula is C13H17F3N2O3. The van der Waals surface area contributed by atoms with Crippen LogP contribution < -0.4 is 10.1 Å². The van der Waals surface area contributed by atoms with Crippen molar-refractivity contribution in [2.45, 2.75) is 39.5 Å². The lowest BCUT2D eigenvalue weighted by Gasteiger charge is -2.21. The number of amides is 1. The number of halogens is 3. The molecule has 8 heteroatoms. The smallest absolute Gasteiger partial charge is 0.437 e. The first-order chi connectivity index (χ1) is 9.45. The van der Waals surface area contributed by atoms with Crippen LogP contribution in [0.4, 0.5) is 23.7 Å². The normalized spacial score (nSPS) is 12.0. The molecule has 0 aliphatic heterocycles. The number of ether oxygens (including phenoxy) is 2. The van der Waals surface area contributed by atoms with Crippen molar-refractivity contribution in [3.8, 4) is 5.75 Å². The van der Waals surface area contributed by atoms with Gasteiger partial charge in [-0.1, -0.05) is 0 Å². The molecule has 0 saturated heterocycles. The summed E-state index contributed by atoms with van der Waals surface area (Å²) in [4.78, 5) is 14.9. The van der Waals surface area contributed by atoms with Gasteiger partial charge in [0.1, 0.15) is 5.60 Å². The molecule has 21 heavy (non-hydrogen) atoms. The van der Waals surface area contributed by atoms with E-state index in [4.69, 9.17) is 9.47 Å². The highest BCUT2D eigenvalue weighted by Gasteiger charge is 2.37. The third-order valence-electron chi connectivity index (χ3n) is 2.39. The molecule has 1 rings (SSSR count). The number of carbonyl (C=O) groups is 1. The van der Waals surface area contributed by atoms with E-state index in [-0.39, 0.29) is 11.3 Å². The number of hydrogen-bond donors (Lipinski definition) is 1. The number of aromatic nitrogens is 1. The molecule has 0 saturated carbocycles. The van der Waals surface area contributed by atoms with Gasteiger partial charge in [-0.15, -0.1) is 0 Å². The number of methoxy groups -OCH3 is 1. The Hall–Kier alpha value is -1.99. The van der Waals surface area contributed by atoms with Crippen LogP contribution in [0.15, 0.2) is 6.20 Å². The van der Waals surface area contributed by atoms with Gasteiger partial charge in [-0.05, 0) is 27.7 Å². The minimum atomic E-state index is -4.64. The Labute approximate surface area is 120 Å². The molecule has 1 aromatic heterocycles. The average molecular weight is 306 g/mol. The summed E-state index contributed by atoms with van der Waals surface area (Å²) in [7, 11) is 1.11. The second kappa shape index (κ2) is 5.79. The van der Waals surface area contributed by atoms with Crippen LogP contribution in [-0.2, 0) is 10.9 Å². The SMILES string of the molecule is COc1c(C(F)(F)F)ncc(NC(=O)OC(C)(C)C)c1C. The van der Waals surface area contributed by atoms with Gasteiger partial charge in [0.25, 0.3) is 0 Å². The number of carbonyl (C=O) groups excluding carboxylic acids is 1. The minimum Gasteiger partial charge on any atom is -0.494 e. The molecule has 0 spiro atoms. The predicted molar refractivity (Wildman–Crippen MR) is 70.4 cm³/mol. The fraction of sp³-hybridized carbons (Fsp3) is 0.538. The van der Waals surface area contributed by atoms with Gasteiger partial charge in [-0.2, -0.15) is 13.2 Å². The monoisotopic (exact) mass is 306 g/mol. The quantitative estimate of drug-likeness (QED) is 0.903. The second-order valence-electron chi connectivity index (χ2n) is 5.30. The molecule has 0 atom stereocenters. The van der Waals surface area contributed by atoms with E-state index in [2.05, 4.69) is 10.3 Å². The van der Waals surface area contributed by atoms with Crippen molar-refractivity contribution in [1.29, 1.82) is 0 Å². The van der Waals surface area contributed by atoms with E-state index in [1.807, 2.05) is 0 Å². The Morgan fingerprint density at radius 3 is 2.29 bits per heavy atom. The summed E-state index contributed by atoms with van der Waals surface area (Å²) in [5, 5.41) is 2.35. The van der Waals surface area contributed by atoms with Gasteiger partial charge >= 0.3 is 12.3 Å². The zero-order chi connectivity index (χ0) is 16.4. The van der Waals surface area contributed by atoms with Crippen molar-refractivity contribution in [3.05, 3.63) is 17.5 Å². The molecule has 0 aliphatic rings. The first-order valence-corrected chi connectivity index (χ1v) is 6.06. The van der Waals surface area contributed by atoms with Gasteiger partial charge in [0.15, 0.2) is 11.4 Å². The van der Waals surface area contributed by atoms with Crippen LogP contribution in [0, 0.1) is 6.92 Å². The van der Waals surface area contributed by atoms with E-state index in [1.54, 1.807) is 20.8 Å². The van der Waals surface area contributed by atoms with E-state index in [0.29, 0.717) is 0 Å². The Balaban J connectivity index is 3.09. The van der Waals surface area contributed by atoms with Gasteiger partial charge < -0.3 is 9.47 Å². The molecule has 0 radical (unpaired) electrons. The Kier molecular flexibility index (Phi) is 4.70. The molecule has 0 unspecified atom stereocenters. The molecule has 1 aromatic rings. The molecule has 5 nitrogen and oxygen atoms in total. The second-order valence-corrected chi connectivity index (χ2v) is 5.30. The van der Waals surface area contributed by atoms with Crippen molar-refractivity contribution in [1.82, 2.24) is 4.98 Å². The summed E-state index contributed by atoms with van der Waals surface area (Å²) in [5.74, 6) is -0.434. The van der Waals surface area contributed by atoms with Gasteiger partial charge in [0, 0.05) is 5.56 Å². The highest BCUT2D eigenvalue weighted by atomic mass is 19.4. The van der Waals surface area contributed by atoms with Crippen LogP contribution in [0.2, 0.25) is 0 Å². The van der Waals surface area contributed by atoms with Crippen LogP contribution in [0.1, 0.15) is 32.0 Å². The van der Waals surface area contributed by atoms with Crippen LogP contribution >= 0.6 is 0 Å². The third-order valence-corrected chi connectivity index (χ3v) is 2.39. The Morgan fingerprint density at radius 1 is 1.29 bits per heavy atom. The maximum absolute atomic E-state index is 12.8. The zero-order valence-corrected chi connectivity index (χ0v) is 12.4. The van der Waals surface area contributed by atoms with Crippen molar-refractivity contribution in [2.24, 2.45) is 0 Å². The fourth-order valence-electron chi connectivity index (χ4n) is 1.58. The highest BCUT2D eigenvalue weighted by molar-refractivity contribution is 5.86. The molecule has 1 heterocycles. The van der Waals surface area contributed by atoms with E-state index in [0.717, 1.165) is 13.3 Å². The molecule has 0 bridgehead atoms. The number of rotatable bonds is 2. The van der Waals surface area contributed by atoms with E-state index < -0.39 is 29.3 Å². The van der Waals surface area contributed by atoms with Gasteiger partial charge in [-0.3, -0.25) is 5.32 Å².